The Morgan fingerprint density at radius 3 is 1.07 bits per heavy atom. The zero-order chi connectivity index (χ0) is 42.1. The Bertz CT molecular complexity index is 840. The zero-order valence-corrected chi connectivity index (χ0v) is 39.6. The maximum atomic E-state index is 12.5. The lowest BCUT2D eigenvalue weighted by Gasteiger charge is -2.22. The number of aliphatic hydroxyl groups is 2. The van der Waals surface area contributed by atoms with E-state index in [1.165, 1.54) is 238 Å². The Hall–Kier alpha value is -1.13. The van der Waals surface area contributed by atoms with Gasteiger partial charge in [-0.25, -0.2) is 0 Å². The Balaban J connectivity index is 3.44. The molecule has 0 aliphatic rings. The second-order valence-corrected chi connectivity index (χ2v) is 18.3. The van der Waals surface area contributed by atoms with Gasteiger partial charge in [0.25, 0.3) is 0 Å². The Morgan fingerprint density at radius 1 is 0.414 bits per heavy atom. The lowest BCUT2D eigenvalue weighted by atomic mass is 10.0. The average molecular weight is 816 g/mol. The van der Waals surface area contributed by atoms with Gasteiger partial charge in [-0.3, -0.25) is 4.79 Å². The first-order valence-electron chi connectivity index (χ1n) is 26.5. The van der Waals surface area contributed by atoms with Crippen LogP contribution in [0.15, 0.2) is 24.3 Å². The van der Waals surface area contributed by atoms with Crippen molar-refractivity contribution >= 4 is 5.91 Å². The molecule has 0 spiro atoms. The van der Waals surface area contributed by atoms with Crippen molar-refractivity contribution in [1.82, 2.24) is 5.32 Å². The lowest BCUT2D eigenvalue weighted by molar-refractivity contribution is -0.123. The van der Waals surface area contributed by atoms with Crippen molar-refractivity contribution in [3.63, 3.8) is 0 Å². The minimum absolute atomic E-state index is 0.0321. The first kappa shape index (κ1) is 56.9. The maximum absolute atomic E-state index is 12.5. The topological polar surface area (TPSA) is 69.6 Å². The molecule has 3 N–H and O–H groups in total. The molecule has 2 unspecified atom stereocenters. The molecule has 0 aliphatic heterocycles. The first-order valence-corrected chi connectivity index (χ1v) is 26.5. The molecule has 0 saturated heterocycles. The van der Waals surface area contributed by atoms with Crippen molar-refractivity contribution < 1.29 is 15.0 Å². The molecule has 0 rings (SSSR count). The predicted molar refractivity (Wildman–Crippen MR) is 258 cm³/mol. The van der Waals surface area contributed by atoms with Gasteiger partial charge in [-0.1, -0.05) is 269 Å². The molecule has 0 bridgehead atoms. The maximum Gasteiger partial charge on any atom is 0.220 e. The molecule has 0 fully saturated rings. The fourth-order valence-corrected chi connectivity index (χ4v) is 8.39. The van der Waals surface area contributed by atoms with Crippen LogP contribution in [0.25, 0.3) is 0 Å². The van der Waals surface area contributed by atoms with Gasteiger partial charge in [-0.05, 0) is 44.9 Å². The van der Waals surface area contributed by atoms with Gasteiger partial charge in [0.05, 0.1) is 18.8 Å². The van der Waals surface area contributed by atoms with Gasteiger partial charge in [0, 0.05) is 6.42 Å². The standard InChI is InChI=1S/C54H105NO3/c1-3-5-7-9-11-13-15-17-19-21-23-24-25-26-27-28-29-30-32-33-35-37-39-41-43-45-47-49-53(57)52(51-56)55-54(58)50-48-46-44-42-40-38-36-34-31-22-20-18-16-14-12-10-8-6-4-2/h12,14,18,20,52-53,56-57H,3-11,13,15-17,19,21-51H2,1-2H3,(H,55,58)/b14-12-,20-18-. The molecule has 0 aromatic carbocycles. The van der Waals surface area contributed by atoms with Gasteiger partial charge in [0.1, 0.15) is 0 Å². The van der Waals surface area contributed by atoms with Crippen molar-refractivity contribution in [2.24, 2.45) is 0 Å². The Labute approximate surface area is 364 Å². The van der Waals surface area contributed by atoms with Crippen LogP contribution >= 0.6 is 0 Å². The molecular weight excluding hydrogens is 711 g/mol. The first-order chi connectivity index (χ1) is 28.7. The SMILES string of the molecule is CCCCC/C=C\C/C=C\CCCCCCCCCCCC(=O)NC(CO)C(O)CCCCCCCCCCCCCCCCCCCCCCCCCCCCC. The van der Waals surface area contributed by atoms with Crippen molar-refractivity contribution in [1.29, 1.82) is 0 Å². The van der Waals surface area contributed by atoms with Gasteiger partial charge in [-0.15, -0.1) is 0 Å². The van der Waals surface area contributed by atoms with E-state index in [4.69, 9.17) is 0 Å². The number of aliphatic hydroxyl groups excluding tert-OH is 2. The molecule has 0 aromatic rings. The summed E-state index contributed by atoms with van der Waals surface area (Å²) >= 11 is 0. The van der Waals surface area contributed by atoms with E-state index in [1.807, 2.05) is 0 Å². The number of unbranched alkanes of at least 4 members (excludes halogenated alkanes) is 38. The van der Waals surface area contributed by atoms with Gasteiger partial charge < -0.3 is 15.5 Å². The third-order valence-electron chi connectivity index (χ3n) is 12.5. The van der Waals surface area contributed by atoms with Crippen LogP contribution in [-0.4, -0.2) is 34.9 Å². The van der Waals surface area contributed by atoms with Crippen LogP contribution in [0.3, 0.4) is 0 Å². The number of amides is 1. The van der Waals surface area contributed by atoms with E-state index < -0.39 is 12.1 Å². The lowest BCUT2D eigenvalue weighted by Crippen LogP contribution is -2.45. The van der Waals surface area contributed by atoms with Crippen LogP contribution in [0.5, 0.6) is 0 Å². The molecule has 4 nitrogen and oxygen atoms in total. The third-order valence-corrected chi connectivity index (χ3v) is 12.5. The largest absolute Gasteiger partial charge is 0.394 e. The monoisotopic (exact) mass is 816 g/mol. The van der Waals surface area contributed by atoms with Crippen LogP contribution in [-0.2, 0) is 4.79 Å². The number of allylic oxidation sites excluding steroid dienone is 4. The van der Waals surface area contributed by atoms with Gasteiger partial charge in [0.2, 0.25) is 5.91 Å². The molecule has 0 saturated carbocycles. The molecule has 58 heavy (non-hydrogen) atoms. The van der Waals surface area contributed by atoms with E-state index in [2.05, 4.69) is 43.5 Å². The van der Waals surface area contributed by atoms with Crippen molar-refractivity contribution in [3.05, 3.63) is 24.3 Å². The summed E-state index contributed by atoms with van der Waals surface area (Å²) in [6.45, 7) is 4.36. The van der Waals surface area contributed by atoms with E-state index in [1.54, 1.807) is 0 Å². The van der Waals surface area contributed by atoms with E-state index in [-0.39, 0.29) is 12.5 Å². The number of hydrogen-bond acceptors (Lipinski definition) is 3. The number of carbonyl (C=O) groups is 1. The Kier molecular flexibility index (Phi) is 49.2. The molecule has 2 atom stereocenters. The van der Waals surface area contributed by atoms with Crippen LogP contribution in [0, 0.1) is 0 Å². The second-order valence-electron chi connectivity index (χ2n) is 18.3. The molecule has 0 radical (unpaired) electrons. The normalized spacial score (nSPS) is 13.0. The summed E-state index contributed by atoms with van der Waals surface area (Å²) in [6, 6.07) is -0.538. The number of carbonyl (C=O) groups excluding carboxylic acids is 1. The summed E-state index contributed by atoms with van der Waals surface area (Å²) in [5.74, 6) is -0.0321. The predicted octanol–water partition coefficient (Wildman–Crippen LogP) is 17.1. The molecule has 0 heterocycles. The summed E-state index contributed by atoms with van der Waals surface area (Å²) in [7, 11) is 0. The number of nitrogens with one attached hydrogen (secondary N) is 1. The minimum Gasteiger partial charge on any atom is -0.394 e. The van der Waals surface area contributed by atoms with Crippen LogP contribution in [0.4, 0.5) is 0 Å². The summed E-state index contributed by atoms with van der Waals surface area (Å²) in [6.07, 6.45) is 65.8. The number of rotatable bonds is 49. The zero-order valence-electron chi connectivity index (χ0n) is 39.6. The van der Waals surface area contributed by atoms with E-state index in [0.717, 1.165) is 32.1 Å². The van der Waals surface area contributed by atoms with Crippen LogP contribution in [0.2, 0.25) is 0 Å². The van der Waals surface area contributed by atoms with Crippen molar-refractivity contribution in [2.45, 2.75) is 309 Å². The highest BCUT2D eigenvalue weighted by atomic mass is 16.3. The summed E-state index contributed by atoms with van der Waals surface area (Å²) in [5.41, 5.74) is 0. The van der Waals surface area contributed by atoms with E-state index in [9.17, 15) is 15.0 Å². The van der Waals surface area contributed by atoms with Gasteiger partial charge >= 0.3 is 0 Å². The molecular formula is C54H105NO3. The number of hydrogen-bond donors (Lipinski definition) is 3. The highest BCUT2D eigenvalue weighted by Crippen LogP contribution is 2.17. The Morgan fingerprint density at radius 2 is 0.707 bits per heavy atom. The smallest absolute Gasteiger partial charge is 0.220 e. The highest BCUT2D eigenvalue weighted by molar-refractivity contribution is 5.76. The molecule has 4 heteroatoms. The van der Waals surface area contributed by atoms with Gasteiger partial charge in [0.15, 0.2) is 0 Å². The molecule has 0 aliphatic carbocycles. The van der Waals surface area contributed by atoms with E-state index >= 15 is 0 Å². The fourth-order valence-electron chi connectivity index (χ4n) is 8.39. The summed E-state index contributed by atoms with van der Waals surface area (Å²) < 4.78 is 0. The molecule has 0 aromatic heterocycles. The molecule has 344 valence electrons. The average Bonchev–Trinajstić information content (AvgIpc) is 3.23. The third kappa shape index (κ3) is 45.9. The van der Waals surface area contributed by atoms with Crippen molar-refractivity contribution in [3.8, 4) is 0 Å². The minimum atomic E-state index is -0.661. The van der Waals surface area contributed by atoms with Crippen molar-refractivity contribution in [2.75, 3.05) is 6.61 Å². The van der Waals surface area contributed by atoms with Crippen LogP contribution < -0.4 is 5.32 Å². The quantitative estimate of drug-likeness (QED) is 0.0423. The van der Waals surface area contributed by atoms with E-state index in [0.29, 0.717) is 12.8 Å². The van der Waals surface area contributed by atoms with Crippen LogP contribution in [0.1, 0.15) is 296 Å². The van der Waals surface area contributed by atoms with Gasteiger partial charge in [-0.2, -0.15) is 0 Å². The fraction of sp³-hybridized carbons (Fsp3) is 0.907. The highest BCUT2D eigenvalue weighted by Gasteiger charge is 2.20. The summed E-state index contributed by atoms with van der Waals surface area (Å²) in [4.78, 5) is 12.5. The molecule has 1 amide bonds. The second kappa shape index (κ2) is 50.2. The summed E-state index contributed by atoms with van der Waals surface area (Å²) in [5, 5.41) is 23.3.